The number of nitrogens with zero attached hydrogens (tertiary/aromatic N) is 3. The lowest BCUT2D eigenvalue weighted by Gasteiger charge is -2.33. The van der Waals surface area contributed by atoms with Gasteiger partial charge in [-0.15, -0.1) is 0 Å². The van der Waals surface area contributed by atoms with E-state index >= 15 is 0 Å². The van der Waals surface area contributed by atoms with E-state index in [0.717, 1.165) is 53.9 Å². The Morgan fingerprint density at radius 3 is 2.53 bits per heavy atom. The highest BCUT2D eigenvalue weighted by atomic mass is 35.5. The van der Waals surface area contributed by atoms with E-state index in [1.54, 1.807) is 24.3 Å². The van der Waals surface area contributed by atoms with Crippen LogP contribution in [0.15, 0.2) is 42.5 Å². The number of aryl methyl sites for hydroxylation is 2. The monoisotopic (exact) mass is 450 g/mol. The molecule has 0 unspecified atom stereocenters. The largest absolute Gasteiger partial charge is 0.338 e. The average Bonchev–Trinajstić information content (AvgIpc) is 2.79. The van der Waals surface area contributed by atoms with Gasteiger partial charge in [-0.1, -0.05) is 11.6 Å². The number of halogens is 1. The third kappa shape index (κ3) is 5.25. The number of hydrogen-bond donors (Lipinski definition) is 1. The first-order valence-corrected chi connectivity index (χ1v) is 11.4. The van der Waals surface area contributed by atoms with Crippen LogP contribution in [0.25, 0.3) is 11.0 Å². The summed E-state index contributed by atoms with van der Waals surface area (Å²) in [5.41, 5.74) is 4.69. The lowest BCUT2D eigenvalue weighted by atomic mass is 9.92. The van der Waals surface area contributed by atoms with Gasteiger partial charge in [0.25, 0.3) is 5.91 Å². The van der Waals surface area contributed by atoms with Crippen LogP contribution in [-0.2, 0) is 4.79 Å². The number of carbonyl (C=O) groups excluding carboxylic acids is 2. The quantitative estimate of drug-likeness (QED) is 0.581. The van der Waals surface area contributed by atoms with Crippen LogP contribution < -0.4 is 5.32 Å². The standard InChI is InChI=1S/C25H27ClN4O2/c1-16-17(2)28-23-14-19(6-11-22(23)27-16)25(32)30-13-3-4-18(15-30)5-12-24(31)29-21-9-7-20(26)8-10-21/h6-11,14,18H,3-5,12-13,15H2,1-2H3,(H,29,31)/t18-/m0/s1. The second kappa shape index (κ2) is 9.65. The molecule has 3 aromatic rings. The van der Waals surface area contributed by atoms with Gasteiger partial charge in [-0.25, -0.2) is 9.97 Å². The maximum Gasteiger partial charge on any atom is 0.253 e. The summed E-state index contributed by atoms with van der Waals surface area (Å²) < 4.78 is 0. The van der Waals surface area contributed by atoms with Crippen molar-refractivity contribution in [3.05, 3.63) is 64.4 Å². The molecule has 0 spiro atoms. The first kappa shape index (κ1) is 22.2. The highest BCUT2D eigenvalue weighted by molar-refractivity contribution is 6.30. The summed E-state index contributed by atoms with van der Waals surface area (Å²) in [6.07, 6.45) is 3.16. The third-order valence-electron chi connectivity index (χ3n) is 6.04. The van der Waals surface area contributed by atoms with Crippen molar-refractivity contribution in [1.82, 2.24) is 14.9 Å². The Bertz CT molecular complexity index is 1150. The molecule has 2 heterocycles. The summed E-state index contributed by atoms with van der Waals surface area (Å²) in [6.45, 7) is 5.27. The van der Waals surface area contributed by atoms with Crippen molar-refractivity contribution in [2.75, 3.05) is 18.4 Å². The van der Waals surface area contributed by atoms with E-state index in [1.165, 1.54) is 0 Å². The lowest BCUT2D eigenvalue weighted by Crippen LogP contribution is -2.40. The van der Waals surface area contributed by atoms with Crippen molar-refractivity contribution < 1.29 is 9.59 Å². The van der Waals surface area contributed by atoms with Crippen LogP contribution >= 0.6 is 11.6 Å². The lowest BCUT2D eigenvalue weighted by molar-refractivity contribution is -0.116. The van der Waals surface area contributed by atoms with E-state index in [-0.39, 0.29) is 11.8 Å². The normalized spacial score (nSPS) is 16.2. The van der Waals surface area contributed by atoms with Gasteiger partial charge >= 0.3 is 0 Å². The van der Waals surface area contributed by atoms with Crippen molar-refractivity contribution >= 4 is 40.1 Å². The number of rotatable bonds is 5. The molecule has 7 heteroatoms. The van der Waals surface area contributed by atoms with Gasteiger partial charge in [0.1, 0.15) is 0 Å². The van der Waals surface area contributed by atoms with Gasteiger partial charge in [-0.05, 0) is 81.5 Å². The van der Waals surface area contributed by atoms with Crippen LogP contribution in [0, 0.1) is 19.8 Å². The maximum absolute atomic E-state index is 13.1. The smallest absolute Gasteiger partial charge is 0.253 e. The second-order valence-corrected chi connectivity index (χ2v) is 8.89. The van der Waals surface area contributed by atoms with E-state index in [4.69, 9.17) is 11.6 Å². The zero-order chi connectivity index (χ0) is 22.7. The molecule has 32 heavy (non-hydrogen) atoms. The Hall–Kier alpha value is -2.99. The SMILES string of the molecule is Cc1nc2ccc(C(=O)N3CCC[C@@H](CCC(=O)Nc4ccc(Cl)cc4)C3)cc2nc1C. The summed E-state index contributed by atoms with van der Waals surface area (Å²) in [5.74, 6) is 0.311. The Morgan fingerprint density at radius 1 is 1.06 bits per heavy atom. The number of nitrogens with one attached hydrogen (secondary N) is 1. The van der Waals surface area contributed by atoms with Crippen LogP contribution in [0.5, 0.6) is 0 Å². The molecule has 1 aromatic heterocycles. The first-order chi connectivity index (χ1) is 15.4. The Balaban J connectivity index is 1.35. The minimum atomic E-state index is -0.0189. The fourth-order valence-corrected chi connectivity index (χ4v) is 4.25. The number of anilines is 1. The molecule has 0 radical (unpaired) electrons. The Labute approximate surface area is 193 Å². The minimum absolute atomic E-state index is 0.0160. The molecule has 2 amide bonds. The molecule has 4 rings (SSSR count). The number of hydrogen-bond acceptors (Lipinski definition) is 4. The van der Waals surface area contributed by atoms with E-state index in [1.807, 2.05) is 36.9 Å². The van der Waals surface area contributed by atoms with E-state index < -0.39 is 0 Å². The number of amides is 2. The summed E-state index contributed by atoms with van der Waals surface area (Å²) >= 11 is 5.88. The molecule has 0 bridgehead atoms. The molecule has 2 aromatic carbocycles. The van der Waals surface area contributed by atoms with Gasteiger partial charge in [-0.2, -0.15) is 0 Å². The molecule has 0 saturated carbocycles. The molecule has 1 N–H and O–H groups in total. The Kier molecular flexibility index (Phi) is 6.70. The third-order valence-corrected chi connectivity index (χ3v) is 6.29. The highest BCUT2D eigenvalue weighted by Gasteiger charge is 2.25. The number of carbonyl (C=O) groups is 2. The van der Waals surface area contributed by atoms with Crippen LogP contribution in [-0.4, -0.2) is 39.8 Å². The summed E-state index contributed by atoms with van der Waals surface area (Å²) in [4.78, 5) is 36.5. The van der Waals surface area contributed by atoms with Gasteiger partial charge in [0.05, 0.1) is 22.4 Å². The van der Waals surface area contributed by atoms with Crippen LogP contribution in [0.4, 0.5) is 5.69 Å². The van der Waals surface area contributed by atoms with Crippen molar-refractivity contribution in [2.24, 2.45) is 5.92 Å². The van der Waals surface area contributed by atoms with E-state index in [0.29, 0.717) is 29.5 Å². The molecule has 1 fully saturated rings. The van der Waals surface area contributed by atoms with Gasteiger partial charge in [0.2, 0.25) is 5.91 Å². The van der Waals surface area contributed by atoms with Gasteiger partial charge < -0.3 is 10.2 Å². The molecule has 1 aliphatic heterocycles. The van der Waals surface area contributed by atoms with Crippen LogP contribution in [0.3, 0.4) is 0 Å². The number of benzene rings is 2. The van der Waals surface area contributed by atoms with Crippen molar-refractivity contribution in [3.8, 4) is 0 Å². The summed E-state index contributed by atoms with van der Waals surface area (Å²) in [5, 5.41) is 3.54. The van der Waals surface area contributed by atoms with E-state index in [2.05, 4.69) is 15.3 Å². The molecular weight excluding hydrogens is 424 g/mol. The minimum Gasteiger partial charge on any atom is -0.338 e. The van der Waals surface area contributed by atoms with Crippen LogP contribution in [0.1, 0.15) is 47.4 Å². The number of aromatic nitrogens is 2. The van der Waals surface area contributed by atoms with E-state index in [9.17, 15) is 9.59 Å². The number of piperidine rings is 1. The topological polar surface area (TPSA) is 75.2 Å². The van der Waals surface area contributed by atoms with Crippen molar-refractivity contribution in [2.45, 2.75) is 39.5 Å². The fraction of sp³-hybridized carbons (Fsp3) is 0.360. The second-order valence-electron chi connectivity index (χ2n) is 8.45. The molecule has 6 nitrogen and oxygen atoms in total. The predicted octanol–water partition coefficient (Wildman–Crippen LogP) is 5.17. The highest BCUT2D eigenvalue weighted by Crippen LogP contribution is 2.24. The number of fused-ring (bicyclic) bond motifs is 1. The molecule has 1 aliphatic rings. The molecule has 166 valence electrons. The predicted molar refractivity (Wildman–Crippen MR) is 127 cm³/mol. The molecular formula is C25H27ClN4O2. The van der Waals surface area contributed by atoms with Gasteiger partial charge in [0, 0.05) is 35.8 Å². The maximum atomic E-state index is 13.1. The van der Waals surface area contributed by atoms with Crippen molar-refractivity contribution in [1.29, 1.82) is 0 Å². The number of likely N-dealkylation sites (tertiary alicyclic amines) is 1. The molecule has 1 atom stereocenters. The van der Waals surface area contributed by atoms with Crippen molar-refractivity contribution in [3.63, 3.8) is 0 Å². The first-order valence-electron chi connectivity index (χ1n) is 11.0. The van der Waals surface area contributed by atoms with Gasteiger partial charge in [0.15, 0.2) is 0 Å². The zero-order valence-electron chi connectivity index (χ0n) is 18.4. The van der Waals surface area contributed by atoms with Gasteiger partial charge in [-0.3, -0.25) is 9.59 Å². The molecule has 1 saturated heterocycles. The molecule has 0 aliphatic carbocycles. The zero-order valence-corrected chi connectivity index (χ0v) is 19.2. The Morgan fingerprint density at radius 2 is 1.78 bits per heavy atom. The summed E-state index contributed by atoms with van der Waals surface area (Å²) in [6, 6.07) is 12.6. The average molecular weight is 451 g/mol. The van der Waals surface area contributed by atoms with Crippen LogP contribution in [0.2, 0.25) is 5.02 Å². The fourth-order valence-electron chi connectivity index (χ4n) is 4.12. The summed E-state index contributed by atoms with van der Waals surface area (Å²) in [7, 11) is 0.